The molecule has 2 aromatic carbocycles. The Balaban J connectivity index is 1.30. The lowest BCUT2D eigenvalue weighted by atomic mass is 9.99. The molecule has 2 fully saturated rings. The number of anilines is 1. The van der Waals surface area contributed by atoms with Crippen LogP contribution in [-0.4, -0.2) is 56.4 Å². The molecule has 7 nitrogen and oxygen atoms in total. The van der Waals surface area contributed by atoms with Crippen LogP contribution in [0.4, 0.5) is 5.69 Å². The van der Waals surface area contributed by atoms with Crippen molar-refractivity contribution in [3.8, 4) is 22.8 Å². The Bertz CT molecular complexity index is 1170. The maximum atomic E-state index is 13.5. The number of amides is 1. The summed E-state index contributed by atoms with van der Waals surface area (Å²) < 4.78 is 16.3. The number of carbonyl (C=O) groups excluding carboxylic acids is 1. The molecular weight excluding hydrogens is 442 g/mol. The average molecular weight is 468 g/mol. The van der Waals surface area contributed by atoms with Gasteiger partial charge < -0.3 is 23.8 Å². The van der Waals surface area contributed by atoms with Gasteiger partial charge in [0.15, 0.2) is 17.3 Å². The summed E-state index contributed by atoms with van der Waals surface area (Å²) in [5.41, 5.74) is 1.96. The minimum absolute atomic E-state index is 0.133. The largest absolute Gasteiger partial charge is 0.493 e. The highest BCUT2D eigenvalue weighted by Gasteiger charge is 2.55. The van der Waals surface area contributed by atoms with E-state index in [0.717, 1.165) is 42.2 Å². The second kappa shape index (κ2) is 8.63. The van der Waals surface area contributed by atoms with E-state index < -0.39 is 5.41 Å². The highest BCUT2D eigenvalue weighted by Crippen LogP contribution is 2.50. The highest BCUT2D eigenvalue weighted by atomic mass is 35.5. The van der Waals surface area contributed by atoms with E-state index in [0.29, 0.717) is 36.0 Å². The topological polar surface area (TPSA) is 68.0 Å². The van der Waals surface area contributed by atoms with Gasteiger partial charge in [0.05, 0.1) is 36.0 Å². The van der Waals surface area contributed by atoms with Crippen LogP contribution in [0.25, 0.3) is 11.3 Å². The second-order valence-corrected chi connectivity index (χ2v) is 8.87. The molecule has 5 rings (SSSR count). The number of aromatic nitrogens is 1. The van der Waals surface area contributed by atoms with Crippen LogP contribution in [0.5, 0.6) is 11.5 Å². The van der Waals surface area contributed by atoms with Crippen molar-refractivity contribution in [2.75, 3.05) is 45.3 Å². The third kappa shape index (κ3) is 3.91. The molecule has 1 saturated heterocycles. The zero-order chi connectivity index (χ0) is 23.0. The quantitative estimate of drug-likeness (QED) is 0.535. The third-order valence-electron chi connectivity index (χ3n) is 6.59. The SMILES string of the molecule is COc1ccc(-c2cc(C3(C(=O)N4CCN(c5ccccc5Cl)CC4)CC3)no2)cc1OC. The second-order valence-electron chi connectivity index (χ2n) is 8.46. The predicted molar refractivity (Wildman–Crippen MR) is 126 cm³/mol. The predicted octanol–water partition coefficient (Wildman–Crippen LogP) is 4.39. The standard InChI is InChI=1S/C25H26ClN3O4/c1-31-20-8-7-17(15-22(20)32-2)21-16-23(27-33-21)25(9-10-25)24(30)29-13-11-28(12-14-29)19-6-4-3-5-18(19)26/h3-8,15-16H,9-14H2,1-2H3. The minimum atomic E-state index is -0.579. The fraction of sp³-hybridized carbons (Fsp3) is 0.360. The number of nitrogens with zero attached hydrogens (tertiary/aromatic N) is 3. The monoisotopic (exact) mass is 467 g/mol. The van der Waals surface area contributed by atoms with Crippen LogP contribution in [-0.2, 0) is 10.2 Å². The lowest BCUT2D eigenvalue weighted by Gasteiger charge is -2.37. The van der Waals surface area contributed by atoms with Gasteiger partial charge in [-0.25, -0.2) is 0 Å². The molecule has 0 spiro atoms. The summed E-state index contributed by atoms with van der Waals surface area (Å²) in [7, 11) is 3.19. The van der Waals surface area contributed by atoms with Gasteiger partial charge in [-0.3, -0.25) is 4.79 Å². The van der Waals surface area contributed by atoms with Gasteiger partial charge in [0, 0.05) is 37.8 Å². The molecule has 0 unspecified atom stereocenters. The zero-order valence-corrected chi connectivity index (χ0v) is 19.5. The molecule has 1 aliphatic heterocycles. The van der Waals surface area contributed by atoms with Crippen molar-refractivity contribution in [2.45, 2.75) is 18.3 Å². The molecule has 1 amide bonds. The number of carbonyl (C=O) groups is 1. The van der Waals surface area contributed by atoms with Gasteiger partial charge >= 0.3 is 0 Å². The van der Waals surface area contributed by atoms with E-state index >= 15 is 0 Å². The summed E-state index contributed by atoms with van der Waals surface area (Å²) in [4.78, 5) is 17.7. The summed E-state index contributed by atoms with van der Waals surface area (Å²) in [5.74, 6) is 1.99. The molecule has 0 atom stereocenters. The summed E-state index contributed by atoms with van der Waals surface area (Å²) >= 11 is 6.35. The van der Waals surface area contributed by atoms with Crippen LogP contribution < -0.4 is 14.4 Å². The minimum Gasteiger partial charge on any atom is -0.493 e. The third-order valence-corrected chi connectivity index (χ3v) is 6.91. The molecule has 33 heavy (non-hydrogen) atoms. The highest BCUT2D eigenvalue weighted by molar-refractivity contribution is 6.33. The van der Waals surface area contributed by atoms with Gasteiger partial charge in [-0.1, -0.05) is 28.9 Å². The summed E-state index contributed by atoms with van der Waals surface area (Å²) in [5, 5.41) is 5.03. The maximum Gasteiger partial charge on any atom is 0.235 e. The van der Waals surface area contributed by atoms with Gasteiger partial charge in [-0.05, 0) is 43.2 Å². The first-order valence-corrected chi connectivity index (χ1v) is 11.4. The van der Waals surface area contributed by atoms with Crippen LogP contribution in [0.2, 0.25) is 5.02 Å². The van der Waals surface area contributed by atoms with E-state index in [4.69, 9.17) is 25.6 Å². The number of ether oxygens (including phenoxy) is 2. The Kier molecular flexibility index (Phi) is 5.66. The Labute approximate surface area is 197 Å². The Hall–Kier alpha value is -3.19. The van der Waals surface area contributed by atoms with Crippen LogP contribution >= 0.6 is 11.6 Å². The van der Waals surface area contributed by atoms with Gasteiger partial charge in [-0.2, -0.15) is 0 Å². The van der Waals surface area contributed by atoms with E-state index in [-0.39, 0.29) is 5.91 Å². The molecule has 1 aliphatic carbocycles. The van der Waals surface area contributed by atoms with Crippen molar-refractivity contribution in [3.05, 3.63) is 59.2 Å². The Morgan fingerprint density at radius 3 is 2.39 bits per heavy atom. The van der Waals surface area contributed by atoms with Gasteiger partial charge in [-0.15, -0.1) is 0 Å². The Morgan fingerprint density at radius 2 is 1.73 bits per heavy atom. The Morgan fingerprint density at radius 1 is 1.00 bits per heavy atom. The molecule has 1 aromatic heterocycles. The van der Waals surface area contributed by atoms with E-state index in [1.807, 2.05) is 53.4 Å². The number of para-hydroxylation sites is 1. The van der Waals surface area contributed by atoms with Crippen molar-refractivity contribution < 1.29 is 18.8 Å². The number of piperazine rings is 1. The van der Waals surface area contributed by atoms with E-state index in [2.05, 4.69) is 10.1 Å². The van der Waals surface area contributed by atoms with Crippen LogP contribution in [0.3, 0.4) is 0 Å². The van der Waals surface area contributed by atoms with Crippen molar-refractivity contribution in [2.24, 2.45) is 0 Å². The molecule has 0 radical (unpaired) electrons. The molecule has 1 saturated carbocycles. The fourth-order valence-electron chi connectivity index (χ4n) is 4.49. The van der Waals surface area contributed by atoms with Gasteiger partial charge in [0.25, 0.3) is 0 Å². The molecule has 2 heterocycles. The lowest BCUT2D eigenvalue weighted by molar-refractivity contribution is -0.134. The number of methoxy groups -OCH3 is 2. The molecule has 0 N–H and O–H groups in total. The molecule has 8 heteroatoms. The molecule has 172 valence electrons. The molecule has 3 aromatic rings. The number of rotatable bonds is 6. The fourth-order valence-corrected chi connectivity index (χ4v) is 4.75. The number of halogens is 1. The van der Waals surface area contributed by atoms with Crippen LogP contribution in [0.15, 0.2) is 53.1 Å². The van der Waals surface area contributed by atoms with Crippen molar-refractivity contribution in [1.29, 1.82) is 0 Å². The molecule has 0 bridgehead atoms. The summed E-state index contributed by atoms with van der Waals surface area (Å²) in [6.45, 7) is 2.82. The number of hydrogen-bond acceptors (Lipinski definition) is 6. The van der Waals surface area contributed by atoms with Gasteiger partial charge in [0.2, 0.25) is 5.91 Å². The van der Waals surface area contributed by atoms with E-state index in [1.165, 1.54) is 0 Å². The van der Waals surface area contributed by atoms with E-state index in [9.17, 15) is 4.79 Å². The van der Waals surface area contributed by atoms with Crippen LogP contribution in [0.1, 0.15) is 18.5 Å². The first kappa shape index (κ1) is 21.6. The molecular formula is C25H26ClN3O4. The lowest BCUT2D eigenvalue weighted by Crippen LogP contribution is -2.51. The number of hydrogen-bond donors (Lipinski definition) is 0. The zero-order valence-electron chi connectivity index (χ0n) is 18.7. The first-order valence-electron chi connectivity index (χ1n) is 11.0. The van der Waals surface area contributed by atoms with Crippen molar-refractivity contribution >= 4 is 23.2 Å². The maximum absolute atomic E-state index is 13.5. The van der Waals surface area contributed by atoms with Crippen molar-refractivity contribution in [1.82, 2.24) is 10.1 Å². The normalized spacial score (nSPS) is 17.1. The number of benzene rings is 2. The summed E-state index contributed by atoms with van der Waals surface area (Å²) in [6.07, 6.45) is 1.57. The van der Waals surface area contributed by atoms with Crippen molar-refractivity contribution in [3.63, 3.8) is 0 Å². The van der Waals surface area contributed by atoms with Crippen LogP contribution in [0, 0.1) is 0 Å². The summed E-state index contributed by atoms with van der Waals surface area (Å²) in [6, 6.07) is 15.3. The smallest absolute Gasteiger partial charge is 0.235 e. The molecule has 2 aliphatic rings. The first-order chi connectivity index (χ1) is 16.1. The van der Waals surface area contributed by atoms with E-state index in [1.54, 1.807) is 14.2 Å². The average Bonchev–Trinajstić information content (AvgIpc) is 3.52. The van der Waals surface area contributed by atoms with Gasteiger partial charge in [0.1, 0.15) is 0 Å².